The van der Waals surface area contributed by atoms with Crippen molar-refractivity contribution in [3.05, 3.63) is 12.7 Å². The molecule has 0 aliphatic heterocycles. The molecule has 0 spiro atoms. The Morgan fingerprint density at radius 2 is 2.00 bits per heavy atom. The second kappa shape index (κ2) is 12.6. The minimum atomic E-state index is -0.445. The second-order valence-electron chi connectivity index (χ2n) is 2.92. The number of rotatable bonds is 6. The van der Waals surface area contributed by atoms with Crippen LogP contribution in [0.4, 0.5) is 0 Å². The molecule has 0 amide bonds. The number of hydrogen-bond donors (Lipinski definition) is 2. The smallest absolute Gasteiger partial charge is 0.0779 e. The summed E-state index contributed by atoms with van der Waals surface area (Å²) in [6.45, 7) is 7.77. The third-order valence-corrected chi connectivity index (χ3v) is 1.16. The largest absolute Gasteiger partial charge is 0.394 e. The van der Waals surface area contributed by atoms with Crippen molar-refractivity contribution in [3.63, 3.8) is 0 Å². The number of aliphatic hydroxyl groups is 2. The minimum Gasteiger partial charge on any atom is -0.394 e. The molecule has 0 heterocycles. The summed E-state index contributed by atoms with van der Waals surface area (Å²) in [5.74, 6) is 0. The molecule has 0 aliphatic carbocycles. The maximum Gasteiger partial charge on any atom is 0.0779 e. The van der Waals surface area contributed by atoms with E-state index >= 15 is 0 Å². The average molecular weight is 206 g/mol. The molecule has 2 atom stereocenters. The SMILES string of the molecule is C=CCOC.CC(O)COC(C)CO. The van der Waals surface area contributed by atoms with Crippen LogP contribution in [-0.4, -0.2) is 49.4 Å². The lowest BCUT2D eigenvalue weighted by Crippen LogP contribution is -2.19. The first kappa shape index (κ1) is 16.0. The maximum absolute atomic E-state index is 8.69. The van der Waals surface area contributed by atoms with Gasteiger partial charge in [-0.25, -0.2) is 0 Å². The number of ether oxygens (including phenoxy) is 2. The van der Waals surface area contributed by atoms with Gasteiger partial charge in [0, 0.05) is 7.11 Å². The molecule has 4 nitrogen and oxygen atoms in total. The quantitative estimate of drug-likeness (QED) is 0.624. The zero-order chi connectivity index (χ0) is 11.4. The summed E-state index contributed by atoms with van der Waals surface area (Å²) in [4.78, 5) is 0. The van der Waals surface area contributed by atoms with Gasteiger partial charge in [0.2, 0.25) is 0 Å². The van der Waals surface area contributed by atoms with Gasteiger partial charge in [-0.15, -0.1) is 6.58 Å². The third-order valence-electron chi connectivity index (χ3n) is 1.16. The van der Waals surface area contributed by atoms with Crippen molar-refractivity contribution in [2.45, 2.75) is 26.1 Å². The van der Waals surface area contributed by atoms with E-state index in [4.69, 9.17) is 14.9 Å². The first-order valence-electron chi connectivity index (χ1n) is 4.58. The maximum atomic E-state index is 8.69. The van der Waals surface area contributed by atoms with Gasteiger partial charge >= 0.3 is 0 Å². The van der Waals surface area contributed by atoms with E-state index in [9.17, 15) is 0 Å². The zero-order valence-electron chi connectivity index (χ0n) is 9.27. The zero-order valence-corrected chi connectivity index (χ0v) is 9.27. The van der Waals surface area contributed by atoms with Gasteiger partial charge in [-0.2, -0.15) is 0 Å². The first-order valence-corrected chi connectivity index (χ1v) is 4.58. The third kappa shape index (κ3) is 17.6. The highest BCUT2D eigenvalue weighted by atomic mass is 16.5. The molecule has 0 aromatic carbocycles. The normalized spacial score (nSPS) is 13.8. The second-order valence-corrected chi connectivity index (χ2v) is 2.92. The standard InChI is InChI=1S/C6H14O3.C4H8O/c1-5(8)4-9-6(2)3-7;1-3-4-5-2/h5-8H,3-4H2,1-2H3;3H,1,4H2,2H3. The predicted octanol–water partition coefficient (Wildman–Crippen LogP) is 0.583. The van der Waals surface area contributed by atoms with E-state index in [1.165, 1.54) is 0 Å². The van der Waals surface area contributed by atoms with Crippen molar-refractivity contribution in [2.24, 2.45) is 0 Å². The van der Waals surface area contributed by atoms with Crippen LogP contribution in [0.1, 0.15) is 13.8 Å². The van der Waals surface area contributed by atoms with Crippen molar-refractivity contribution in [3.8, 4) is 0 Å². The molecule has 2 unspecified atom stereocenters. The Kier molecular flexibility index (Phi) is 14.4. The molecule has 0 bridgehead atoms. The van der Waals surface area contributed by atoms with Gasteiger partial charge in [-0.05, 0) is 13.8 Å². The predicted molar refractivity (Wildman–Crippen MR) is 56.3 cm³/mol. The van der Waals surface area contributed by atoms with E-state index in [1.807, 2.05) is 0 Å². The molecule has 0 aromatic rings. The Morgan fingerprint density at radius 3 is 2.21 bits per heavy atom. The molecule has 2 N–H and O–H groups in total. The highest BCUT2D eigenvalue weighted by Crippen LogP contribution is 1.90. The Balaban J connectivity index is 0. The van der Waals surface area contributed by atoms with Gasteiger partial charge in [0.1, 0.15) is 0 Å². The van der Waals surface area contributed by atoms with Gasteiger partial charge in [-0.1, -0.05) is 6.08 Å². The summed E-state index contributed by atoms with van der Waals surface area (Å²) in [7, 11) is 1.64. The Hall–Kier alpha value is -0.420. The summed E-state index contributed by atoms with van der Waals surface area (Å²) in [5.41, 5.74) is 0. The van der Waals surface area contributed by atoms with Crippen LogP contribution in [0.2, 0.25) is 0 Å². The summed E-state index contributed by atoms with van der Waals surface area (Å²) in [6.07, 6.45) is 1.10. The minimum absolute atomic E-state index is 0.00667. The van der Waals surface area contributed by atoms with Gasteiger partial charge in [-0.3, -0.25) is 0 Å². The lowest BCUT2D eigenvalue weighted by atomic mass is 10.4. The molecular weight excluding hydrogens is 184 g/mol. The fraction of sp³-hybridized carbons (Fsp3) is 0.800. The molecule has 0 fully saturated rings. The van der Waals surface area contributed by atoms with Crippen molar-refractivity contribution in [2.75, 3.05) is 26.9 Å². The Labute approximate surface area is 86.2 Å². The molecule has 86 valence electrons. The lowest BCUT2D eigenvalue weighted by molar-refractivity contribution is -0.0177. The summed E-state index contributed by atoms with van der Waals surface area (Å²) >= 11 is 0. The number of hydrogen-bond acceptors (Lipinski definition) is 4. The molecule has 0 saturated heterocycles. The van der Waals surface area contributed by atoms with Crippen LogP contribution in [0.25, 0.3) is 0 Å². The van der Waals surface area contributed by atoms with E-state index in [0.717, 1.165) is 0 Å². The molecule has 0 saturated carbocycles. The Bertz CT molecular complexity index is 115. The molecule has 0 aliphatic rings. The molecule has 0 rings (SSSR count). The molecule has 14 heavy (non-hydrogen) atoms. The van der Waals surface area contributed by atoms with Crippen molar-refractivity contribution < 1.29 is 19.7 Å². The fourth-order valence-electron chi connectivity index (χ4n) is 0.474. The van der Waals surface area contributed by atoms with Crippen LogP contribution >= 0.6 is 0 Å². The monoisotopic (exact) mass is 206 g/mol. The fourth-order valence-corrected chi connectivity index (χ4v) is 0.474. The van der Waals surface area contributed by atoms with Gasteiger partial charge in [0.25, 0.3) is 0 Å². The van der Waals surface area contributed by atoms with Crippen LogP contribution in [0.5, 0.6) is 0 Å². The summed E-state index contributed by atoms with van der Waals surface area (Å²) in [6, 6.07) is 0. The topological polar surface area (TPSA) is 58.9 Å². The van der Waals surface area contributed by atoms with E-state index < -0.39 is 6.10 Å². The van der Waals surface area contributed by atoms with Gasteiger partial charge in [0.05, 0.1) is 32.0 Å². The molecule has 0 radical (unpaired) electrons. The van der Waals surface area contributed by atoms with Crippen LogP contribution < -0.4 is 0 Å². The van der Waals surface area contributed by atoms with Crippen molar-refractivity contribution in [1.29, 1.82) is 0 Å². The molecule has 0 aromatic heterocycles. The van der Waals surface area contributed by atoms with Crippen LogP contribution in [0.15, 0.2) is 12.7 Å². The summed E-state index contributed by atoms with van der Waals surface area (Å²) in [5, 5.41) is 17.1. The number of methoxy groups -OCH3 is 1. The lowest BCUT2D eigenvalue weighted by Gasteiger charge is -2.10. The van der Waals surface area contributed by atoms with Crippen LogP contribution in [0, 0.1) is 0 Å². The molecule has 4 heteroatoms. The van der Waals surface area contributed by atoms with Crippen molar-refractivity contribution in [1.82, 2.24) is 0 Å². The Morgan fingerprint density at radius 1 is 1.43 bits per heavy atom. The van der Waals surface area contributed by atoms with E-state index in [1.54, 1.807) is 27.0 Å². The van der Waals surface area contributed by atoms with E-state index in [-0.39, 0.29) is 12.7 Å². The average Bonchev–Trinajstić information content (AvgIpc) is 2.16. The van der Waals surface area contributed by atoms with Gasteiger partial charge < -0.3 is 19.7 Å². The van der Waals surface area contributed by atoms with Crippen LogP contribution in [0.3, 0.4) is 0 Å². The summed E-state index contributed by atoms with van der Waals surface area (Å²) < 4.78 is 9.53. The van der Waals surface area contributed by atoms with E-state index in [0.29, 0.717) is 13.2 Å². The number of aliphatic hydroxyl groups excluding tert-OH is 2. The van der Waals surface area contributed by atoms with E-state index in [2.05, 4.69) is 11.3 Å². The molecular formula is C10H22O4. The highest BCUT2D eigenvalue weighted by Gasteiger charge is 2.00. The van der Waals surface area contributed by atoms with Gasteiger partial charge in [0.15, 0.2) is 0 Å². The van der Waals surface area contributed by atoms with Crippen molar-refractivity contribution >= 4 is 0 Å². The highest BCUT2D eigenvalue weighted by molar-refractivity contribution is 4.62. The first-order chi connectivity index (χ1) is 6.58. The van der Waals surface area contributed by atoms with Crippen LogP contribution in [-0.2, 0) is 9.47 Å².